The molecule has 0 saturated carbocycles. The topological polar surface area (TPSA) is 59.4 Å². The number of hydrogen-bond acceptors (Lipinski definition) is 4. The van der Waals surface area contributed by atoms with Crippen LogP contribution in [0.5, 0.6) is 0 Å². The van der Waals surface area contributed by atoms with Crippen molar-refractivity contribution in [3.63, 3.8) is 0 Å². The van der Waals surface area contributed by atoms with Crippen molar-refractivity contribution in [3.8, 4) is 0 Å². The Labute approximate surface area is 140 Å². The minimum atomic E-state index is -4.75. The molecule has 0 atom stereocenters. The third kappa shape index (κ3) is 2.82. The quantitative estimate of drug-likeness (QED) is 0.804. The summed E-state index contributed by atoms with van der Waals surface area (Å²) in [4.78, 5) is 11.5. The summed E-state index contributed by atoms with van der Waals surface area (Å²) in [5, 5.41) is -0.308. The fraction of sp³-hybridized carbons (Fsp3) is 0.357. The number of benzene rings is 1. The first-order valence-corrected chi connectivity index (χ1v) is 9.51. The molecule has 0 radical (unpaired) electrons. The van der Waals surface area contributed by atoms with Crippen LogP contribution >= 0.6 is 11.8 Å². The second-order valence-corrected chi connectivity index (χ2v) is 8.36. The van der Waals surface area contributed by atoms with Gasteiger partial charge in [0, 0.05) is 30.8 Å². The lowest BCUT2D eigenvalue weighted by molar-refractivity contribution is -0.136. The number of rotatable bonds is 2. The molecule has 10 heteroatoms. The zero-order valence-electron chi connectivity index (χ0n) is 12.5. The molecule has 5 nitrogen and oxygen atoms in total. The lowest BCUT2D eigenvalue weighted by atomic mass is 10.1. The molecule has 1 aliphatic rings. The molecular weight excluding hydrogens is 365 g/mol. The summed E-state index contributed by atoms with van der Waals surface area (Å²) in [7, 11) is -2.51. The minimum Gasteiger partial charge on any atom is -0.311 e. The van der Waals surface area contributed by atoms with E-state index in [1.807, 2.05) is 0 Å². The maximum absolute atomic E-state index is 13.2. The van der Waals surface area contributed by atoms with Gasteiger partial charge in [-0.15, -0.1) is 11.8 Å². The lowest BCUT2D eigenvalue weighted by Gasteiger charge is -2.17. The Kier molecular flexibility index (Phi) is 4.17. The molecule has 0 spiro atoms. The number of alkyl halides is 3. The molecule has 0 N–H and O–H groups in total. The van der Waals surface area contributed by atoms with Gasteiger partial charge in [-0.3, -0.25) is 4.79 Å². The first kappa shape index (κ1) is 17.3. The first-order valence-electron chi connectivity index (χ1n) is 6.91. The van der Waals surface area contributed by atoms with Crippen molar-refractivity contribution < 1.29 is 21.6 Å². The predicted molar refractivity (Wildman–Crippen MR) is 85.4 cm³/mol. The number of fused-ring (bicyclic) bond motifs is 1. The summed E-state index contributed by atoms with van der Waals surface area (Å²) in [5.74, 6) is 0.925. The highest BCUT2D eigenvalue weighted by Gasteiger charge is 2.35. The van der Waals surface area contributed by atoms with Crippen molar-refractivity contribution in [2.45, 2.75) is 11.1 Å². The highest BCUT2D eigenvalue weighted by atomic mass is 32.2. The van der Waals surface area contributed by atoms with E-state index in [1.54, 1.807) is 0 Å². The summed E-state index contributed by atoms with van der Waals surface area (Å²) in [6.07, 6.45) is -4.75. The van der Waals surface area contributed by atoms with Crippen LogP contribution < -0.4 is 5.56 Å². The normalized spacial score (nSPS) is 16.8. The van der Waals surface area contributed by atoms with Crippen molar-refractivity contribution >= 4 is 32.7 Å². The Morgan fingerprint density at radius 1 is 1.21 bits per heavy atom. The third-order valence-corrected chi connectivity index (χ3v) is 6.85. The fourth-order valence-corrected chi connectivity index (χ4v) is 5.41. The molecule has 1 saturated heterocycles. The van der Waals surface area contributed by atoms with Gasteiger partial charge >= 0.3 is 6.18 Å². The van der Waals surface area contributed by atoms with Crippen molar-refractivity contribution in [1.82, 2.24) is 8.87 Å². The van der Waals surface area contributed by atoms with Crippen molar-refractivity contribution in [2.24, 2.45) is 7.05 Å². The van der Waals surface area contributed by atoms with Crippen LogP contribution in [-0.2, 0) is 23.2 Å². The zero-order chi connectivity index (χ0) is 17.7. The van der Waals surface area contributed by atoms with Crippen molar-refractivity contribution in [2.75, 3.05) is 18.2 Å². The summed E-state index contributed by atoms with van der Waals surface area (Å²) in [5.41, 5.74) is -1.90. The average molecular weight is 378 g/mol. The number of aromatic nitrogens is 1. The van der Waals surface area contributed by atoms with E-state index in [4.69, 9.17) is 0 Å². The summed E-state index contributed by atoms with van der Waals surface area (Å²) >= 11 is 1.44. The van der Waals surface area contributed by atoms with E-state index < -0.39 is 27.3 Å². The zero-order valence-corrected chi connectivity index (χ0v) is 14.1. The SMILES string of the molecule is Cn1c(=O)cc(C(F)(F)F)c2cc(S(=O)(=O)N3CCSC3)ccc21. The molecule has 1 aliphatic heterocycles. The molecule has 1 aromatic carbocycles. The highest BCUT2D eigenvalue weighted by Crippen LogP contribution is 2.35. The molecule has 130 valence electrons. The molecule has 1 aromatic heterocycles. The van der Waals surface area contributed by atoms with Gasteiger partial charge in [-0.25, -0.2) is 8.42 Å². The third-order valence-electron chi connectivity index (χ3n) is 3.88. The Bertz CT molecular complexity index is 962. The van der Waals surface area contributed by atoms with E-state index in [0.717, 1.165) is 10.6 Å². The van der Waals surface area contributed by atoms with E-state index in [0.29, 0.717) is 18.4 Å². The molecule has 24 heavy (non-hydrogen) atoms. The van der Waals surface area contributed by atoms with Gasteiger partial charge in [0.05, 0.1) is 21.9 Å². The largest absolute Gasteiger partial charge is 0.417 e. The smallest absolute Gasteiger partial charge is 0.311 e. The average Bonchev–Trinajstić information content (AvgIpc) is 3.04. The van der Waals surface area contributed by atoms with E-state index in [2.05, 4.69) is 0 Å². The highest BCUT2D eigenvalue weighted by molar-refractivity contribution is 8.00. The van der Waals surface area contributed by atoms with Crippen LogP contribution in [0.25, 0.3) is 10.9 Å². The number of halogens is 3. The van der Waals surface area contributed by atoms with Crippen molar-refractivity contribution in [3.05, 3.63) is 40.2 Å². The second kappa shape index (κ2) is 5.78. The van der Waals surface area contributed by atoms with Crippen LogP contribution in [0.2, 0.25) is 0 Å². The number of thioether (sulfide) groups is 1. The van der Waals surface area contributed by atoms with E-state index >= 15 is 0 Å². The van der Waals surface area contributed by atoms with Gasteiger partial charge < -0.3 is 4.57 Å². The predicted octanol–water partition coefficient (Wildman–Crippen LogP) is 2.25. The van der Waals surface area contributed by atoms with Gasteiger partial charge in [0.25, 0.3) is 5.56 Å². The molecule has 0 amide bonds. The van der Waals surface area contributed by atoms with Gasteiger partial charge in [0.2, 0.25) is 10.0 Å². The van der Waals surface area contributed by atoms with Gasteiger partial charge in [0.1, 0.15) is 0 Å². The Hall–Kier alpha value is -1.52. The summed E-state index contributed by atoms with van der Waals surface area (Å²) < 4.78 is 67.1. The number of hydrogen-bond donors (Lipinski definition) is 0. The molecule has 3 rings (SSSR count). The molecule has 0 aliphatic carbocycles. The summed E-state index contributed by atoms with van der Waals surface area (Å²) in [6, 6.07) is 3.96. The van der Waals surface area contributed by atoms with Crippen molar-refractivity contribution in [1.29, 1.82) is 0 Å². The van der Waals surface area contributed by atoms with Gasteiger partial charge in [-0.2, -0.15) is 17.5 Å². The molecule has 0 bridgehead atoms. The number of pyridine rings is 1. The minimum absolute atomic E-state index is 0.0320. The monoisotopic (exact) mass is 378 g/mol. The molecule has 1 fully saturated rings. The Balaban J connectivity index is 2.28. The van der Waals surface area contributed by atoms with Gasteiger partial charge in [0.15, 0.2) is 0 Å². The van der Waals surface area contributed by atoms with Gasteiger partial charge in [-0.1, -0.05) is 0 Å². The van der Waals surface area contributed by atoms with E-state index in [1.165, 1.54) is 35.2 Å². The van der Waals surface area contributed by atoms with Crippen LogP contribution in [-0.4, -0.2) is 35.5 Å². The van der Waals surface area contributed by atoms with Crippen LogP contribution in [0.3, 0.4) is 0 Å². The number of nitrogens with zero attached hydrogens (tertiary/aromatic N) is 2. The lowest BCUT2D eigenvalue weighted by Crippen LogP contribution is -2.28. The molecular formula is C14H13F3N2O3S2. The Morgan fingerprint density at radius 3 is 2.50 bits per heavy atom. The molecule has 2 heterocycles. The van der Waals surface area contributed by atoms with Crippen LogP contribution in [0.4, 0.5) is 13.2 Å². The molecule has 0 unspecified atom stereocenters. The maximum Gasteiger partial charge on any atom is 0.417 e. The van der Waals surface area contributed by atoms with Crippen LogP contribution in [0, 0.1) is 0 Å². The Morgan fingerprint density at radius 2 is 1.92 bits per heavy atom. The summed E-state index contributed by atoms with van der Waals surface area (Å²) in [6.45, 7) is 0.324. The molecule has 2 aromatic rings. The van der Waals surface area contributed by atoms with Gasteiger partial charge in [-0.05, 0) is 18.2 Å². The van der Waals surface area contributed by atoms with Crippen LogP contribution in [0.15, 0.2) is 34.0 Å². The number of sulfonamides is 1. The first-order chi connectivity index (χ1) is 11.1. The van der Waals surface area contributed by atoms with E-state index in [9.17, 15) is 26.4 Å². The number of aryl methyl sites for hydroxylation is 1. The van der Waals surface area contributed by atoms with Crippen LogP contribution in [0.1, 0.15) is 5.56 Å². The second-order valence-electron chi connectivity index (χ2n) is 5.35. The maximum atomic E-state index is 13.2. The fourth-order valence-electron chi connectivity index (χ4n) is 2.57. The van der Waals surface area contributed by atoms with E-state index in [-0.39, 0.29) is 21.7 Å². The standard InChI is InChI=1S/C14H13F3N2O3S2/c1-18-12-3-2-9(24(21,22)19-4-5-23-8-19)6-10(12)11(7-13(18)20)14(15,16)17/h2-3,6-7H,4-5,8H2,1H3.